The van der Waals surface area contributed by atoms with Crippen molar-refractivity contribution in [1.82, 2.24) is 0 Å². The molecule has 0 amide bonds. The third kappa shape index (κ3) is 3.34. The van der Waals surface area contributed by atoms with Gasteiger partial charge in [0.1, 0.15) is 0 Å². The molecule has 7 rings (SSSR count). The van der Waals surface area contributed by atoms with Gasteiger partial charge in [-0.25, -0.2) is 0 Å². The zero-order valence-electron chi connectivity index (χ0n) is 21.8. The Hall–Kier alpha value is -4.24. The van der Waals surface area contributed by atoms with Crippen molar-refractivity contribution in [3.8, 4) is 22.3 Å². The number of para-hydroxylation sites is 2. The molecule has 0 fully saturated rings. The van der Waals surface area contributed by atoms with Crippen LogP contribution in [0.15, 0.2) is 103 Å². The number of rotatable bonds is 2. The lowest BCUT2D eigenvalue weighted by Crippen LogP contribution is -2.61. The van der Waals surface area contributed by atoms with Crippen LogP contribution in [0, 0.1) is 27.7 Å². The molecule has 0 aliphatic carbocycles. The normalized spacial score (nSPS) is 13.2. The first kappa shape index (κ1) is 22.0. The molecule has 0 radical (unpaired) electrons. The van der Waals surface area contributed by atoms with E-state index in [1.165, 1.54) is 72.7 Å². The van der Waals surface area contributed by atoms with Crippen molar-refractivity contribution < 1.29 is 0 Å². The number of fused-ring (bicyclic) bond motifs is 4. The van der Waals surface area contributed by atoms with Crippen molar-refractivity contribution in [1.29, 1.82) is 0 Å². The minimum Gasteiger partial charge on any atom is -0.361 e. The Kier molecular flexibility index (Phi) is 4.84. The third-order valence-electron chi connectivity index (χ3n) is 7.73. The molecule has 0 saturated heterocycles. The van der Waals surface area contributed by atoms with Gasteiger partial charge in [0.05, 0.1) is 0 Å². The SMILES string of the molecule is Cc1cc(C)cc(N2B3c4c(cccc4-c4ccccc4N3c3cc(C)cc(C)c3)-c3ccccc32)c1. The molecule has 0 unspecified atom stereocenters. The van der Waals surface area contributed by atoms with Crippen LogP contribution in [0.25, 0.3) is 22.3 Å². The lowest BCUT2D eigenvalue weighted by Gasteiger charge is -2.48. The lowest BCUT2D eigenvalue weighted by molar-refractivity contribution is 1.24. The Bertz CT molecular complexity index is 1540. The van der Waals surface area contributed by atoms with Gasteiger partial charge >= 0.3 is 6.98 Å². The van der Waals surface area contributed by atoms with E-state index in [2.05, 4.69) is 140 Å². The number of hydrogen-bond donors (Lipinski definition) is 0. The quantitative estimate of drug-likeness (QED) is 0.237. The topological polar surface area (TPSA) is 6.48 Å². The smallest absolute Gasteiger partial charge is 0.361 e. The highest BCUT2D eigenvalue weighted by Crippen LogP contribution is 2.48. The van der Waals surface area contributed by atoms with Gasteiger partial charge in [0.15, 0.2) is 0 Å². The second kappa shape index (κ2) is 8.14. The summed E-state index contributed by atoms with van der Waals surface area (Å²) in [6.07, 6.45) is 0. The Morgan fingerprint density at radius 1 is 0.432 bits per heavy atom. The first-order chi connectivity index (χ1) is 18.0. The van der Waals surface area contributed by atoms with Crippen LogP contribution in [0.1, 0.15) is 22.3 Å². The molecule has 0 spiro atoms. The third-order valence-corrected chi connectivity index (χ3v) is 7.73. The maximum absolute atomic E-state index is 2.56. The molecular weight excluding hydrogens is 447 g/mol. The molecule has 2 nitrogen and oxygen atoms in total. The highest BCUT2D eigenvalue weighted by molar-refractivity contribution is 6.86. The van der Waals surface area contributed by atoms with E-state index < -0.39 is 0 Å². The van der Waals surface area contributed by atoms with Crippen molar-refractivity contribution in [3.05, 3.63) is 125 Å². The fraction of sp³-hybridized carbons (Fsp3) is 0.118. The number of benzene rings is 5. The Balaban J connectivity index is 1.62. The molecule has 0 bridgehead atoms. The maximum Gasteiger partial charge on any atom is 0.421 e. The summed E-state index contributed by atoms with van der Waals surface area (Å²) in [4.78, 5) is 5.13. The predicted molar refractivity (Wildman–Crippen MR) is 159 cm³/mol. The summed E-state index contributed by atoms with van der Waals surface area (Å²) in [5.74, 6) is 0. The van der Waals surface area contributed by atoms with Gasteiger partial charge in [0.25, 0.3) is 0 Å². The second-order valence-electron chi connectivity index (χ2n) is 10.6. The molecule has 3 heteroatoms. The van der Waals surface area contributed by atoms with Crippen LogP contribution >= 0.6 is 0 Å². The van der Waals surface area contributed by atoms with Gasteiger partial charge in [-0.3, -0.25) is 0 Å². The van der Waals surface area contributed by atoms with Crippen LogP contribution in [0.2, 0.25) is 0 Å². The van der Waals surface area contributed by atoms with Crippen LogP contribution in [-0.4, -0.2) is 6.98 Å². The average Bonchev–Trinajstić information content (AvgIpc) is 2.88. The van der Waals surface area contributed by atoms with E-state index in [0.717, 1.165) is 0 Å². The van der Waals surface area contributed by atoms with E-state index in [0.29, 0.717) is 0 Å². The molecule has 0 N–H and O–H groups in total. The number of aryl methyl sites for hydroxylation is 4. The summed E-state index contributed by atoms with van der Waals surface area (Å²) in [5, 5.41) is 0. The molecule has 0 saturated carbocycles. The number of nitrogens with zero attached hydrogens (tertiary/aromatic N) is 2. The Morgan fingerprint density at radius 3 is 1.24 bits per heavy atom. The van der Waals surface area contributed by atoms with Gasteiger partial charge in [-0.1, -0.05) is 66.7 Å². The lowest BCUT2D eigenvalue weighted by atomic mass is 9.53. The van der Waals surface area contributed by atoms with Crippen molar-refractivity contribution in [2.45, 2.75) is 27.7 Å². The van der Waals surface area contributed by atoms with E-state index in [1.807, 2.05) is 0 Å². The summed E-state index contributed by atoms with van der Waals surface area (Å²) in [5.41, 5.74) is 16.6. The van der Waals surface area contributed by atoms with Crippen molar-refractivity contribution in [3.63, 3.8) is 0 Å². The first-order valence-corrected chi connectivity index (χ1v) is 13.1. The predicted octanol–water partition coefficient (Wildman–Crippen LogP) is 8.25. The van der Waals surface area contributed by atoms with Gasteiger partial charge in [0.2, 0.25) is 0 Å². The van der Waals surface area contributed by atoms with Gasteiger partial charge in [0, 0.05) is 33.9 Å². The van der Waals surface area contributed by atoms with Crippen molar-refractivity contribution in [2.24, 2.45) is 0 Å². The monoisotopic (exact) mass is 476 g/mol. The van der Waals surface area contributed by atoms with Crippen LogP contribution in [-0.2, 0) is 0 Å². The Labute approximate surface area is 219 Å². The van der Waals surface area contributed by atoms with Crippen LogP contribution < -0.4 is 15.1 Å². The van der Waals surface area contributed by atoms with Gasteiger partial charge in [-0.15, -0.1) is 0 Å². The molecule has 5 aromatic carbocycles. The number of hydrogen-bond acceptors (Lipinski definition) is 2. The molecule has 2 aliphatic heterocycles. The minimum absolute atomic E-state index is 0.0154. The molecule has 37 heavy (non-hydrogen) atoms. The van der Waals surface area contributed by atoms with Gasteiger partial charge < -0.3 is 9.62 Å². The van der Waals surface area contributed by atoms with Crippen molar-refractivity contribution in [2.75, 3.05) is 9.62 Å². The molecule has 2 aliphatic rings. The summed E-state index contributed by atoms with van der Waals surface area (Å²) in [6, 6.07) is 38.4. The Morgan fingerprint density at radius 2 is 0.811 bits per heavy atom. The van der Waals surface area contributed by atoms with E-state index in [1.54, 1.807) is 0 Å². The minimum atomic E-state index is -0.0154. The fourth-order valence-electron chi connectivity index (χ4n) is 6.51. The molecule has 178 valence electrons. The molecule has 0 atom stereocenters. The van der Waals surface area contributed by atoms with Gasteiger partial charge in [-0.2, -0.15) is 0 Å². The molecule has 0 aromatic heterocycles. The maximum atomic E-state index is 2.56. The second-order valence-corrected chi connectivity index (χ2v) is 10.6. The largest absolute Gasteiger partial charge is 0.421 e. The highest BCUT2D eigenvalue weighted by atomic mass is 15.2. The number of anilines is 4. The van der Waals surface area contributed by atoms with Crippen LogP contribution in [0.5, 0.6) is 0 Å². The highest BCUT2D eigenvalue weighted by Gasteiger charge is 2.46. The molecule has 5 aromatic rings. The zero-order chi connectivity index (χ0) is 25.3. The van der Waals surface area contributed by atoms with Crippen LogP contribution in [0.3, 0.4) is 0 Å². The average molecular weight is 476 g/mol. The zero-order valence-corrected chi connectivity index (χ0v) is 21.8. The summed E-state index contributed by atoms with van der Waals surface area (Å²) >= 11 is 0. The summed E-state index contributed by atoms with van der Waals surface area (Å²) in [7, 11) is 0. The fourth-order valence-corrected chi connectivity index (χ4v) is 6.51. The van der Waals surface area contributed by atoms with E-state index >= 15 is 0 Å². The van der Waals surface area contributed by atoms with E-state index in [-0.39, 0.29) is 6.98 Å². The van der Waals surface area contributed by atoms with Crippen molar-refractivity contribution >= 4 is 35.2 Å². The van der Waals surface area contributed by atoms with E-state index in [9.17, 15) is 0 Å². The van der Waals surface area contributed by atoms with Crippen LogP contribution in [0.4, 0.5) is 22.7 Å². The van der Waals surface area contributed by atoms with Gasteiger partial charge in [-0.05, 0) is 103 Å². The molecule has 2 heterocycles. The summed E-state index contributed by atoms with van der Waals surface area (Å²) < 4.78 is 0. The standard InChI is InChI=1S/C34H29BN2/c1-22-16-23(2)19-26(18-22)36-32-14-7-5-10-28(32)30-12-9-13-31-29-11-6-8-15-33(29)37(35(36)34(30)31)27-20-24(3)17-25(4)21-27/h5-21H,1-4H3. The molecular formula is C34H29BN2. The summed E-state index contributed by atoms with van der Waals surface area (Å²) in [6.45, 7) is 8.78. The first-order valence-electron chi connectivity index (χ1n) is 13.1. The van der Waals surface area contributed by atoms with E-state index in [4.69, 9.17) is 0 Å².